The lowest BCUT2D eigenvalue weighted by atomic mass is 9.86. The average Bonchev–Trinajstić information content (AvgIpc) is 3.61. The number of ether oxygens (including phenoxy) is 1. The highest BCUT2D eigenvalue weighted by Gasteiger charge is 2.48. The van der Waals surface area contributed by atoms with Gasteiger partial charge in [0.15, 0.2) is 0 Å². The Morgan fingerprint density at radius 1 is 1.12 bits per heavy atom. The lowest BCUT2D eigenvalue weighted by Gasteiger charge is -2.42. The minimum Gasteiger partial charge on any atom is -0.444 e. The van der Waals surface area contributed by atoms with Crippen LogP contribution in [0.2, 0.25) is 0 Å². The van der Waals surface area contributed by atoms with Crippen molar-refractivity contribution in [2.75, 3.05) is 17.2 Å². The van der Waals surface area contributed by atoms with Crippen LogP contribution < -0.4 is 10.6 Å². The van der Waals surface area contributed by atoms with Crippen LogP contribution in [-0.2, 0) is 14.3 Å². The molecule has 2 atom stereocenters. The van der Waals surface area contributed by atoms with Gasteiger partial charge in [-0.25, -0.2) is 23.5 Å². The molecule has 1 saturated heterocycles. The summed E-state index contributed by atoms with van der Waals surface area (Å²) in [6.07, 6.45) is 1.88. The van der Waals surface area contributed by atoms with Crippen LogP contribution >= 0.6 is 11.3 Å². The number of amides is 3. The maximum absolute atomic E-state index is 14.8. The number of halogens is 2. The van der Waals surface area contributed by atoms with E-state index in [1.807, 2.05) is 0 Å². The van der Waals surface area contributed by atoms with E-state index in [4.69, 9.17) is 4.74 Å². The summed E-state index contributed by atoms with van der Waals surface area (Å²) in [5, 5.41) is 5.23. The zero-order valence-corrected chi connectivity index (χ0v) is 23.5. The largest absolute Gasteiger partial charge is 0.444 e. The first-order valence-electron chi connectivity index (χ1n) is 13.1. The van der Waals surface area contributed by atoms with E-state index >= 15 is 0 Å². The number of alkyl halides is 2. The molecule has 12 heteroatoms. The van der Waals surface area contributed by atoms with E-state index in [-0.39, 0.29) is 18.2 Å². The van der Waals surface area contributed by atoms with Gasteiger partial charge in [0.05, 0.1) is 33.7 Å². The standard InChI is InChI=1S/C28H31F2N5O4S/c1-15-13-35(21(11-28(15,29)30)17-7-8-22-20(9-17)32-14-40-22)25(37)24(36)33-18-10-19(16-5-6-16)23(31-12-18)34-26(38)39-27(2,3)4/h7-10,12,14-16,21H,5-6,11,13H2,1-4H3,(H,33,36)(H,31,34,38)/t15-,21-/m1/s1. The van der Waals surface area contributed by atoms with E-state index in [9.17, 15) is 23.2 Å². The highest BCUT2D eigenvalue weighted by molar-refractivity contribution is 7.16. The summed E-state index contributed by atoms with van der Waals surface area (Å²) in [6, 6.07) is 5.87. The van der Waals surface area contributed by atoms with Crippen LogP contribution in [0.4, 0.5) is 25.1 Å². The zero-order chi connectivity index (χ0) is 28.8. The number of carbonyl (C=O) groups excluding carboxylic acids is 3. The van der Waals surface area contributed by atoms with Gasteiger partial charge in [-0.2, -0.15) is 0 Å². The van der Waals surface area contributed by atoms with Crippen LogP contribution in [0.3, 0.4) is 0 Å². The number of thiazole rings is 1. The lowest BCUT2D eigenvalue weighted by Crippen LogP contribution is -2.52. The van der Waals surface area contributed by atoms with Crippen molar-refractivity contribution in [3.63, 3.8) is 0 Å². The van der Waals surface area contributed by atoms with Gasteiger partial charge in [-0.05, 0) is 63.3 Å². The number of nitrogens with one attached hydrogen (secondary N) is 2. The molecule has 3 heterocycles. The first kappa shape index (κ1) is 27.9. The molecule has 2 aromatic heterocycles. The van der Waals surface area contributed by atoms with Crippen LogP contribution in [-0.4, -0.2) is 50.8 Å². The number of likely N-dealkylation sites (tertiary alicyclic amines) is 1. The van der Waals surface area contributed by atoms with Crippen molar-refractivity contribution >= 4 is 51.0 Å². The van der Waals surface area contributed by atoms with Crippen molar-refractivity contribution in [3.8, 4) is 0 Å². The molecule has 3 aromatic rings. The molecule has 0 spiro atoms. The first-order chi connectivity index (χ1) is 18.8. The number of rotatable bonds is 4. The third-order valence-corrected chi connectivity index (χ3v) is 7.85. The van der Waals surface area contributed by atoms with Gasteiger partial charge >= 0.3 is 17.9 Å². The van der Waals surface area contributed by atoms with E-state index < -0.39 is 47.8 Å². The molecule has 212 valence electrons. The number of aromatic nitrogens is 2. The Bertz CT molecular complexity index is 1470. The molecule has 1 aliphatic heterocycles. The third-order valence-electron chi connectivity index (χ3n) is 7.04. The number of piperidine rings is 1. The topological polar surface area (TPSA) is 114 Å². The van der Waals surface area contributed by atoms with Crippen LogP contribution in [0.1, 0.15) is 70.0 Å². The Labute approximate surface area is 234 Å². The molecule has 0 bridgehead atoms. The Hall–Kier alpha value is -3.67. The average molecular weight is 572 g/mol. The Kier molecular flexibility index (Phi) is 7.24. The molecule has 9 nitrogen and oxygen atoms in total. The molecule has 3 amide bonds. The van der Waals surface area contributed by atoms with Crippen molar-refractivity contribution in [2.24, 2.45) is 5.92 Å². The molecule has 40 heavy (non-hydrogen) atoms. The molecule has 2 N–H and O–H groups in total. The quantitative estimate of drug-likeness (QED) is 0.366. The molecule has 0 unspecified atom stereocenters. The summed E-state index contributed by atoms with van der Waals surface area (Å²) in [4.78, 5) is 48.6. The fourth-order valence-electron chi connectivity index (χ4n) is 4.80. The highest BCUT2D eigenvalue weighted by Crippen LogP contribution is 2.45. The minimum absolute atomic E-state index is 0.153. The number of benzene rings is 1. The smallest absolute Gasteiger partial charge is 0.413 e. The number of carbonyl (C=O) groups is 3. The monoisotopic (exact) mass is 571 g/mol. The number of nitrogens with zero attached hydrogens (tertiary/aromatic N) is 3. The molecule has 5 rings (SSSR count). The van der Waals surface area contributed by atoms with E-state index in [0.717, 1.165) is 23.1 Å². The van der Waals surface area contributed by atoms with E-state index in [1.165, 1.54) is 29.4 Å². The molecule has 1 aromatic carbocycles. The number of hydrogen-bond donors (Lipinski definition) is 2. The molecule has 1 aliphatic carbocycles. The fourth-order valence-corrected chi connectivity index (χ4v) is 5.46. The number of hydrogen-bond acceptors (Lipinski definition) is 7. The molecule has 2 aliphatic rings. The predicted octanol–water partition coefficient (Wildman–Crippen LogP) is 6.10. The van der Waals surface area contributed by atoms with Crippen LogP contribution in [0.15, 0.2) is 36.0 Å². The summed E-state index contributed by atoms with van der Waals surface area (Å²) in [7, 11) is 0. The molecular formula is C28H31F2N5O4S. The summed E-state index contributed by atoms with van der Waals surface area (Å²) >= 11 is 1.43. The number of fused-ring (bicyclic) bond motifs is 1. The second-order valence-electron chi connectivity index (χ2n) is 11.4. The minimum atomic E-state index is -3.00. The molecular weight excluding hydrogens is 540 g/mol. The fraction of sp³-hybridized carbons (Fsp3) is 0.464. The summed E-state index contributed by atoms with van der Waals surface area (Å²) < 4.78 is 35.9. The SMILES string of the molecule is C[C@@H]1CN(C(=O)C(=O)Nc2cnc(NC(=O)OC(C)(C)C)c(C3CC3)c2)[C@@H](c2ccc3scnc3c2)CC1(F)F. The lowest BCUT2D eigenvalue weighted by molar-refractivity contribution is -0.159. The normalized spacial score (nSPS) is 20.7. The maximum atomic E-state index is 14.8. The van der Waals surface area contributed by atoms with Gasteiger partial charge in [0.2, 0.25) is 0 Å². The van der Waals surface area contributed by atoms with Gasteiger partial charge < -0.3 is 15.0 Å². The van der Waals surface area contributed by atoms with Crippen molar-refractivity contribution in [1.29, 1.82) is 0 Å². The second-order valence-corrected chi connectivity index (χ2v) is 12.3. The third kappa shape index (κ3) is 6.06. The van der Waals surface area contributed by atoms with Crippen molar-refractivity contribution in [1.82, 2.24) is 14.9 Å². The van der Waals surface area contributed by atoms with E-state index in [2.05, 4.69) is 20.6 Å². The summed E-state index contributed by atoms with van der Waals surface area (Å²) in [5.41, 5.74) is 3.13. The van der Waals surface area contributed by atoms with Crippen LogP contribution in [0.25, 0.3) is 10.2 Å². The van der Waals surface area contributed by atoms with Crippen molar-refractivity contribution < 1.29 is 27.9 Å². The molecule has 1 saturated carbocycles. The molecule has 0 radical (unpaired) electrons. The van der Waals surface area contributed by atoms with Gasteiger partial charge in [0, 0.05) is 24.4 Å². The van der Waals surface area contributed by atoms with E-state index in [1.54, 1.807) is 50.5 Å². The Morgan fingerprint density at radius 2 is 1.88 bits per heavy atom. The Balaban J connectivity index is 1.35. The predicted molar refractivity (Wildman–Crippen MR) is 148 cm³/mol. The van der Waals surface area contributed by atoms with Gasteiger partial charge in [0.25, 0.3) is 5.92 Å². The van der Waals surface area contributed by atoms with Gasteiger partial charge in [-0.1, -0.05) is 13.0 Å². The van der Waals surface area contributed by atoms with Crippen LogP contribution in [0.5, 0.6) is 0 Å². The summed E-state index contributed by atoms with van der Waals surface area (Å²) in [6.45, 7) is 6.36. The summed E-state index contributed by atoms with van der Waals surface area (Å²) in [5.74, 6) is -5.51. The first-order valence-corrected chi connectivity index (χ1v) is 14.0. The molecule has 2 fully saturated rings. The van der Waals surface area contributed by atoms with Crippen molar-refractivity contribution in [3.05, 3.63) is 47.1 Å². The maximum Gasteiger partial charge on any atom is 0.413 e. The van der Waals surface area contributed by atoms with Crippen molar-refractivity contribution in [2.45, 2.75) is 70.4 Å². The zero-order valence-electron chi connectivity index (χ0n) is 22.7. The van der Waals surface area contributed by atoms with Crippen LogP contribution in [0, 0.1) is 5.92 Å². The van der Waals surface area contributed by atoms with Gasteiger partial charge in [-0.3, -0.25) is 14.9 Å². The number of anilines is 2. The van der Waals surface area contributed by atoms with Gasteiger partial charge in [-0.15, -0.1) is 11.3 Å². The second kappa shape index (κ2) is 10.4. The Morgan fingerprint density at radius 3 is 2.58 bits per heavy atom. The number of pyridine rings is 1. The van der Waals surface area contributed by atoms with Gasteiger partial charge in [0.1, 0.15) is 11.4 Å². The van der Waals surface area contributed by atoms with E-state index in [0.29, 0.717) is 16.9 Å². The highest BCUT2D eigenvalue weighted by atomic mass is 32.1.